The van der Waals surface area contributed by atoms with Crippen molar-refractivity contribution in [3.05, 3.63) is 57.5 Å². The van der Waals surface area contributed by atoms with E-state index in [0.29, 0.717) is 0 Å². The standard InChI is InChI=1S/C16H17BrClNS/c1-2-9-19-11-12-7-8-16(14(18)10-12)20-15-6-4-3-5-13(15)17/h3-8,10,19H,2,9,11H2,1H3. The average molecular weight is 371 g/mol. The van der Waals surface area contributed by atoms with E-state index in [0.717, 1.165) is 33.9 Å². The lowest BCUT2D eigenvalue weighted by atomic mass is 10.2. The normalized spacial score (nSPS) is 10.8. The summed E-state index contributed by atoms with van der Waals surface area (Å²) in [6, 6.07) is 14.4. The predicted molar refractivity (Wildman–Crippen MR) is 91.7 cm³/mol. The van der Waals surface area contributed by atoms with E-state index in [-0.39, 0.29) is 0 Å². The first-order valence-corrected chi connectivity index (χ1v) is 8.61. The molecule has 0 saturated heterocycles. The molecule has 0 fully saturated rings. The summed E-state index contributed by atoms with van der Waals surface area (Å²) in [5.74, 6) is 0. The Morgan fingerprint density at radius 3 is 2.65 bits per heavy atom. The number of rotatable bonds is 6. The lowest BCUT2D eigenvalue weighted by Crippen LogP contribution is -2.13. The van der Waals surface area contributed by atoms with E-state index in [1.807, 2.05) is 24.3 Å². The molecule has 2 rings (SSSR count). The summed E-state index contributed by atoms with van der Waals surface area (Å²) in [5, 5.41) is 4.19. The van der Waals surface area contributed by atoms with Crippen LogP contribution in [0.5, 0.6) is 0 Å². The van der Waals surface area contributed by atoms with Crippen molar-refractivity contribution < 1.29 is 0 Å². The van der Waals surface area contributed by atoms with Crippen molar-refractivity contribution in [2.45, 2.75) is 29.7 Å². The largest absolute Gasteiger partial charge is 0.313 e. The van der Waals surface area contributed by atoms with Gasteiger partial charge >= 0.3 is 0 Å². The minimum absolute atomic E-state index is 0.807. The van der Waals surface area contributed by atoms with E-state index in [2.05, 4.69) is 46.4 Å². The second kappa shape index (κ2) is 8.08. The Morgan fingerprint density at radius 2 is 1.95 bits per heavy atom. The molecule has 0 atom stereocenters. The average Bonchev–Trinajstić information content (AvgIpc) is 2.44. The maximum atomic E-state index is 6.38. The van der Waals surface area contributed by atoms with Crippen LogP contribution < -0.4 is 5.32 Å². The quantitative estimate of drug-likeness (QED) is 0.649. The molecule has 0 amide bonds. The highest BCUT2D eigenvalue weighted by molar-refractivity contribution is 9.10. The van der Waals surface area contributed by atoms with E-state index in [1.165, 1.54) is 10.5 Å². The van der Waals surface area contributed by atoms with Gasteiger partial charge in [0.2, 0.25) is 0 Å². The van der Waals surface area contributed by atoms with Crippen molar-refractivity contribution in [3.8, 4) is 0 Å². The number of hydrogen-bond donors (Lipinski definition) is 1. The van der Waals surface area contributed by atoms with E-state index < -0.39 is 0 Å². The van der Waals surface area contributed by atoms with Crippen molar-refractivity contribution in [2.24, 2.45) is 0 Å². The van der Waals surface area contributed by atoms with E-state index in [4.69, 9.17) is 11.6 Å². The topological polar surface area (TPSA) is 12.0 Å². The number of nitrogens with one attached hydrogen (secondary N) is 1. The predicted octanol–water partition coefficient (Wildman–Crippen LogP) is 5.75. The monoisotopic (exact) mass is 369 g/mol. The van der Waals surface area contributed by atoms with Gasteiger partial charge in [-0.15, -0.1) is 0 Å². The van der Waals surface area contributed by atoms with Crippen molar-refractivity contribution in [2.75, 3.05) is 6.54 Å². The molecule has 0 aliphatic carbocycles. The molecule has 2 aromatic carbocycles. The molecule has 1 N–H and O–H groups in total. The molecule has 0 unspecified atom stereocenters. The van der Waals surface area contributed by atoms with Crippen LogP contribution in [0.2, 0.25) is 5.02 Å². The van der Waals surface area contributed by atoms with Crippen LogP contribution in [0.4, 0.5) is 0 Å². The highest BCUT2D eigenvalue weighted by Gasteiger charge is 2.06. The Balaban J connectivity index is 2.08. The zero-order valence-corrected chi connectivity index (χ0v) is 14.5. The molecule has 0 aliphatic heterocycles. The highest BCUT2D eigenvalue weighted by atomic mass is 79.9. The molecule has 4 heteroatoms. The van der Waals surface area contributed by atoms with Gasteiger partial charge in [0.25, 0.3) is 0 Å². The molecular formula is C16H17BrClNS. The molecule has 0 saturated carbocycles. The second-order valence-electron chi connectivity index (χ2n) is 4.47. The fraction of sp³-hybridized carbons (Fsp3) is 0.250. The fourth-order valence-electron chi connectivity index (χ4n) is 1.79. The van der Waals surface area contributed by atoms with E-state index in [9.17, 15) is 0 Å². The van der Waals surface area contributed by atoms with Crippen LogP contribution in [0.1, 0.15) is 18.9 Å². The minimum atomic E-state index is 0.807. The van der Waals surface area contributed by atoms with Gasteiger partial charge in [0, 0.05) is 20.8 Å². The van der Waals surface area contributed by atoms with Crippen molar-refractivity contribution in [3.63, 3.8) is 0 Å². The third kappa shape index (κ3) is 4.52. The van der Waals surface area contributed by atoms with Crippen LogP contribution in [0.3, 0.4) is 0 Å². The van der Waals surface area contributed by atoms with Crippen molar-refractivity contribution in [1.82, 2.24) is 5.32 Å². The maximum absolute atomic E-state index is 6.38. The van der Waals surface area contributed by atoms with Gasteiger partial charge in [-0.05, 0) is 58.7 Å². The summed E-state index contributed by atoms with van der Waals surface area (Å²) >= 11 is 11.6. The van der Waals surface area contributed by atoms with Crippen LogP contribution in [0, 0.1) is 0 Å². The summed E-state index contributed by atoms with van der Waals surface area (Å²) in [6.07, 6.45) is 1.14. The minimum Gasteiger partial charge on any atom is -0.313 e. The Bertz CT molecular complexity index is 574. The second-order valence-corrected chi connectivity index (χ2v) is 6.82. The summed E-state index contributed by atoms with van der Waals surface area (Å²) < 4.78 is 1.09. The van der Waals surface area contributed by atoms with E-state index in [1.54, 1.807) is 11.8 Å². The molecule has 2 aromatic rings. The lowest BCUT2D eigenvalue weighted by Gasteiger charge is -2.09. The Kier molecular flexibility index (Phi) is 6.43. The van der Waals surface area contributed by atoms with Crippen LogP contribution in [0.15, 0.2) is 56.7 Å². The maximum Gasteiger partial charge on any atom is 0.0548 e. The molecule has 106 valence electrons. The van der Waals surface area contributed by atoms with Gasteiger partial charge in [-0.3, -0.25) is 0 Å². The molecule has 0 spiro atoms. The first kappa shape index (κ1) is 15.9. The van der Waals surface area contributed by atoms with Crippen LogP contribution in [-0.4, -0.2) is 6.54 Å². The van der Waals surface area contributed by atoms with Gasteiger partial charge < -0.3 is 5.32 Å². The zero-order chi connectivity index (χ0) is 14.4. The first-order valence-electron chi connectivity index (χ1n) is 6.62. The first-order chi connectivity index (χ1) is 9.70. The molecule has 0 radical (unpaired) electrons. The fourth-order valence-corrected chi connectivity index (χ4v) is 3.48. The summed E-state index contributed by atoms with van der Waals surface area (Å²) in [5.41, 5.74) is 1.22. The van der Waals surface area contributed by atoms with Gasteiger partial charge in [-0.25, -0.2) is 0 Å². The lowest BCUT2D eigenvalue weighted by molar-refractivity contribution is 0.675. The molecular weight excluding hydrogens is 354 g/mol. The van der Waals surface area contributed by atoms with Crippen LogP contribution >= 0.6 is 39.3 Å². The van der Waals surface area contributed by atoms with Crippen LogP contribution in [0.25, 0.3) is 0 Å². The number of hydrogen-bond acceptors (Lipinski definition) is 2. The van der Waals surface area contributed by atoms with Crippen molar-refractivity contribution in [1.29, 1.82) is 0 Å². The smallest absolute Gasteiger partial charge is 0.0548 e. The third-order valence-electron chi connectivity index (χ3n) is 2.81. The highest BCUT2D eigenvalue weighted by Crippen LogP contribution is 2.37. The summed E-state index contributed by atoms with van der Waals surface area (Å²) in [4.78, 5) is 2.25. The van der Waals surface area contributed by atoms with Crippen LogP contribution in [-0.2, 0) is 6.54 Å². The Labute approximate surface area is 138 Å². The van der Waals surface area contributed by atoms with Gasteiger partial charge in [-0.1, -0.05) is 48.5 Å². The van der Waals surface area contributed by atoms with Gasteiger partial charge in [-0.2, -0.15) is 0 Å². The van der Waals surface area contributed by atoms with Gasteiger partial charge in [0.1, 0.15) is 0 Å². The molecule has 0 heterocycles. The molecule has 0 aliphatic rings. The van der Waals surface area contributed by atoms with Gasteiger partial charge in [0.15, 0.2) is 0 Å². The molecule has 0 bridgehead atoms. The molecule has 1 nitrogen and oxygen atoms in total. The number of benzene rings is 2. The Morgan fingerprint density at radius 1 is 1.15 bits per heavy atom. The van der Waals surface area contributed by atoms with Crippen molar-refractivity contribution >= 4 is 39.3 Å². The summed E-state index contributed by atoms with van der Waals surface area (Å²) in [6.45, 7) is 4.07. The molecule has 20 heavy (non-hydrogen) atoms. The third-order valence-corrected chi connectivity index (χ3v) is 5.34. The van der Waals surface area contributed by atoms with Gasteiger partial charge in [0.05, 0.1) is 5.02 Å². The number of halogens is 2. The zero-order valence-electron chi connectivity index (χ0n) is 11.3. The summed E-state index contributed by atoms with van der Waals surface area (Å²) in [7, 11) is 0. The molecule has 0 aromatic heterocycles. The van der Waals surface area contributed by atoms with E-state index >= 15 is 0 Å². The SMILES string of the molecule is CCCNCc1ccc(Sc2ccccc2Br)c(Cl)c1. The Hall–Kier alpha value is -0.480.